The molecule has 1 nitrogen and oxygen atoms in total. The van der Waals surface area contributed by atoms with Crippen LogP contribution in [-0.2, 0) is 4.74 Å². The largest absolute Gasteiger partial charge is 0.375 e. The molecule has 0 fully saturated rings. The lowest BCUT2D eigenvalue weighted by molar-refractivity contribution is 0.167. The molecule has 0 saturated carbocycles. The van der Waals surface area contributed by atoms with Crippen LogP contribution in [0, 0.1) is 11.8 Å². The molecule has 0 amide bonds. The van der Waals surface area contributed by atoms with Crippen molar-refractivity contribution in [1.29, 1.82) is 0 Å². The Kier molecular flexibility index (Phi) is 9.67. The van der Waals surface area contributed by atoms with Gasteiger partial charge >= 0.3 is 0 Å². The Morgan fingerprint density at radius 2 is 1.93 bits per heavy atom. The molecule has 0 aromatic rings. The van der Waals surface area contributed by atoms with E-state index in [0.29, 0.717) is 13.2 Å². The molecule has 0 rings (SSSR count). The number of hydrogen-bond donors (Lipinski definition) is 0. The van der Waals surface area contributed by atoms with Gasteiger partial charge in [-0.3, -0.25) is 0 Å². The highest BCUT2D eigenvalue weighted by Gasteiger charge is 1.87. The molecule has 0 aliphatic rings. The number of allylic oxidation sites excluding steroid dienone is 1. The van der Waals surface area contributed by atoms with Crippen molar-refractivity contribution in [3.8, 4) is 11.8 Å². The van der Waals surface area contributed by atoms with Crippen LogP contribution in [0.4, 0.5) is 0 Å². The lowest BCUT2D eigenvalue weighted by Gasteiger charge is -1.97. The molecule has 0 spiro atoms. The number of rotatable bonds is 7. The Morgan fingerprint density at radius 3 is 2.53 bits per heavy atom. The quantitative estimate of drug-likeness (QED) is 0.385. The van der Waals surface area contributed by atoms with Gasteiger partial charge in [-0.15, -0.1) is 18.4 Å². The summed E-state index contributed by atoms with van der Waals surface area (Å²) in [5.41, 5.74) is 1.23. The summed E-state index contributed by atoms with van der Waals surface area (Å²) in [6.07, 6.45) is 3.95. The second-order valence-electron chi connectivity index (χ2n) is 3.48. The minimum atomic E-state index is 0.567. The van der Waals surface area contributed by atoms with Crippen LogP contribution in [-0.4, -0.2) is 13.2 Å². The van der Waals surface area contributed by atoms with Crippen LogP contribution in [0.15, 0.2) is 23.2 Å². The Morgan fingerprint density at radius 1 is 1.27 bits per heavy atom. The fraction of sp³-hybridized carbons (Fsp3) is 0.538. The maximum absolute atomic E-state index is 5.28. The Labute approximate surface area is 102 Å². The van der Waals surface area contributed by atoms with Gasteiger partial charge in [-0.1, -0.05) is 28.1 Å². The van der Waals surface area contributed by atoms with Gasteiger partial charge in [0, 0.05) is 17.3 Å². The molecular weight excluding hydrogens is 252 g/mol. The van der Waals surface area contributed by atoms with Crippen molar-refractivity contribution in [2.45, 2.75) is 32.6 Å². The van der Waals surface area contributed by atoms with Gasteiger partial charge in [-0.25, -0.2) is 0 Å². The van der Waals surface area contributed by atoms with E-state index < -0.39 is 0 Å². The highest BCUT2D eigenvalue weighted by Crippen LogP contribution is 2.02. The van der Waals surface area contributed by atoms with Crippen molar-refractivity contribution in [3.05, 3.63) is 23.2 Å². The van der Waals surface area contributed by atoms with E-state index in [1.165, 1.54) is 5.57 Å². The molecule has 0 aliphatic carbocycles. The molecule has 84 valence electrons. The van der Waals surface area contributed by atoms with Gasteiger partial charge in [0.25, 0.3) is 0 Å². The lowest BCUT2D eigenvalue weighted by Crippen LogP contribution is -1.94. The number of unbranched alkanes of at least 4 members (excludes halogenated alkanes) is 1. The molecule has 0 unspecified atom stereocenters. The zero-order valence-corrected chi connectivity index (χ0v) is 11.0. The molecule has 2 heteroatoms. The van der Waals surface area contributed by atoms with Crippen LogP contribution in [0.25, 0.3) is 0 Å². The SMILES string of the molecule is C=C(C)CCCC#CCCOCC(=C)Br. The van der Waals surface area contributed by atoms with E-state index in [2.05, 4.69) is 47.9 Å². The summed E-state index contributed by atoms with van der Waals surface area (Å²) in [5.74, 6) is 6.21. The van der Waals surface area contributed by atoms with Crippen LogP contribution < -0.4 is 0 Å². The molecule has 0 N–H and O–H groups in total. The smallest absolute Gasteiger partial charge is 0.0776 e. The average molecular weight is 271 g/mol. The summed E-state index contributed by atoms with van der Waals surface area (Å²) >= 11 is 3.23. The lowest BCUT2D eigenvalue weighted by atomic mass is 10.1. The Balaban J connectivity index is 3.24. The topological polar surface area (TPSA) is 9.23 Å². The van der Waals surface area contributed by atoms with Crippen LogP contribution in [0.2, 0.25) is 0 Å². The van der Waals surface area contributed by atoms with Crippen molar-refractivity contribution >= 4 is 15.9 Å². The van der Waals surface area contributed by atoms with E-state index in [1.807, 2.05) is 0 Å². The minimum absolute atomic E-state index is 0.567. The van der Waals surface area contributed by atoms with E-state index in [-0.39, 0.29) is 0 Å². The first kappa shape index (κ1) is 14.5. The second kappa shape index (κ2) is 10.0. The van der Waals surface area contributed by atoms with Crippen molar-refractivity contribution in [1.82, 2.24) is 0 Å². The molecule has 15 heavy (non-hydrogen) atoms. The van der Waals surface area contributed by atoms with Crippen LogP contribution >= 0.6 is 15.9 Å². The zero-order valence-electron chi connectivity index (χ0n) is 9.44. The average Bonchev–Trinajstić information content (AvgIpc) is 2.14. The zero-order chi connectivity index (χ0) is 11.5. The van der Waals surface area contributed by atoms with Gasteiger partial charge in [-0.05, 0) is 19.8 Å². The van der Waals surface area contributed by atoms with Gasteiger partial charge in [0.1, 0.15) is 0 Å². The number of halogens is 1. The monoisotopic (exact) mass is 270 g/mol. The Hall–Kier alpha value is -0.520. The van der Waals surface area contributed by atoms with E-state index >= 15 is 0 Å². The molecule has 0 heterocycles. The highest BCUT2D eigenvalue weighted by atomic mass is 79.9. The van der Waals surface area contributed by atoms with Gasteiger partial charge in [0.15, 0.2) is 0 Å². The van der Waals surface area contributed by atoms with Crippen molar-refractivity contribution in [2.24, 2.45) is 0 Å². The summed E-state index contributed by atoms with van der Waals surface area (Å²) in [6.45, 7) is 10.8. The molecular formula is C13H19BrO. The fourth-order valence-corrected chi connectivity index (χ4v) is 1.12. The summed E-state index contributed by atoms with van der Waals surface area (Å²) in [6, 6.07) is 0. The summed E-state index contributed by atoms with van der Waals surface area (Å²) in [4.78, 5) is 0. The first-order chi connectivity index (χ1) is 7.13. The predicted octanol–water partition coefficient (Wildman–Crippen LogP) is 4.05. The van der Waals surface area contributed by atoms with E-state index in [9.17, 15) is 0 Å². The predicted molar refractivity (Wildman–Crippen MR) is 69.9 cm³/mol. The third-order valence-electron chi connectivity index (χ3n) is 1.66. The van der Waals surface area contributed by atoms with E-state index in [1.54, 1.807) is 0 Å². The molecule has 0 bridgehead atoms. The maximum atomic E-state index is 5.28. The highest BCUT2D eigenvalue weighted by molar-refractivity contribution is 9.11. The Bertz CT molecular complexity index is 257. The molecule has 0 aromatic carbocycles. The normalized spacial score (nSPS) is 9.20. The number of hydrogen-bond acceptors (Lipinski definition) is 1. The molecule has 0 atom stereocenters. The second-order valence-corrected chi connectivity index (χ2v) is 4.61. The van der Waals surface area contributed by atoms with E-state index in [4.69, 9.17) is 4.74 Å². The van der Waals surface area contributed by atoms with Gasteiger partial charge in [-0.2, -0.15) is 0 Å². The van der Waals surface area contributed by atoms with Crippen LogP contribution in [0.1, 0.15) is 32.6 Å². The third kappa shape index (κ3) is 13.5. The maximum Gasteiger partial charge on any atom is 0.0776 e. The third-order valence-corrected chi connectivity index (χ3v) is 1.89. The molecule has 0 saturated heterocycles. The molecule has 0 aliphatic heterocycles. The van der Waals surface area contributed by atoms with Crippen molar-refractivity contribution in [3.63, 3.8) is 0 Å². The van der Waals surface area contributed by atoms with E-state index in [0.717, 1.165) is 30.2 Å². The van der Waals surface area contributed by atoms with Crippen molar-refractivity contribution < 1.29 is 4.74 Å². The van der Waals surface area contributed by atoms with Crippen molar-refractivity contribution in [2.75, 3.05) is 13.2 Å². The molecule has 0 radical (unpaired) electrons. The first-order valence-electron chi connectivity index (χ1n) is 5.14. The summed E-state index contributed by atoms with van der Waals surface area (Å²) in [5, 5.41) is 0. The van der Waals surface area contributed by atoms with Gasteiger partial charge in [0.05, 0.1) is 13.2 Å². The standard InChI is InChI=1S/C13H19BrO/c1-12(2)9-7-5-4-6-8-10-15-11-13(3)14/h1,3,5,7-11H2,2H3. The first-order valence-corrected chi connectivity index (χ1v) is 5.93. The number of ether oxygens (including phenoxy) is 1. The van der Waals surface area contributed by atoms with Crippen LogP contribution in [0.5, 0.6) is 0 Å². The fourth-order valence-electron chi connectivity index (χ4n) is 0.961. The summed E-state index contributed by atoms with van der Waals surface area (Å²) < 4.78 is 6.15. The molecule has 0 aromatic heterocycles. The minimum Gasteiger partial charge on any atom is -0.375 e. The van der Waals surface area contributed by atoms with Gasteiger partial charge in [0.2, 0.25) is 0 Å². The van der Waals surface area contributed by atoms with Crippen LogP contribution in [0.3, 0.4) is 0 Å². The summed E-state index contributed by atoms with van der Waals surface area (Å²) in [7, 11) is 0. The van der Waals surface area contributed by atoms with Gasteiger partial charge < -0.3 is 4.74 Å².